The lowest BCUT2D eigenvalue weighted by molar-refractivity contribution is 0.0605. The van der Waals surface area contributed by atoms with Gasteiger partial charge in [-0.05, 0) is 43.6 Å². The highest BCUT2D eigenvalue weighted by atomic mass is 16.5. The van der Waals surface area contributed by atoms with Gasteiger partial charge in [0.15, 0.2) is 0 Å². The molecule has 1 aromatic rings. The quantitative estimate of drug-likeness (QED) is 0.911. The highest BCUT2D eigenvalue weighted by Crippen LogP contribution is 2.28. The van der Waals surface area contributed by atoms with E-state index in [9.17, 15) is 4.79 Å². The second-order valence-corrected chi connectivity index (χ2v) is 7.09. The Kier molecular flexibility index (Phi) is 6.30. The average molecular weight is 341 g/mol. The average Bonchev–Trinajstić information content (AvgIpc) is 2.69. The van der Waals surface area contributed by atoms with E-state index in [2.05, 4.69) is 23.5 Å². The molecule has 1 N–H and O–H groups in total. The van der Waals surface area contributed by atoms with Crippen LogP contribution < -0.4 is 5.32 Å². The molecule has 0 aromatic heterocycles. The normalized spacial score (nSPS) is 20.7. The highest BCUT2D eigenvalue weighted by molar-refractivity contribution is 5.74. The van der Waals surface area contributed by atoms with Crippen molar-refractivity contribution in [2.45, 2.75) is 38.1 Å². The first-order valence-electron chi connectivity index (χ1n) is 9.34. The van der Waals surface area contributed by atoms with Crippen LogP contribution in [0.5, 0.6) is 0 Å². The van der Waals surface area contributed by atoms with E-state index in [0.29, 0.717) is 19.0 Å². The van der Waals surface area contributed by atoms with Gasteiger partial charge in [-0.15, -0.1) is 0 Å². The third-order valence-electron chi connectivity index (χ3n) is 5.37. The number of nitriles is 1. The Morgan fingerprint density at radius 2 is 1.88 bits per heavy atom. The Morgan fingerprint density at radius 3 is 2.52 bits per heavy atom. The smallest absolute Gasteiger partial charge is 0.317 e. The topological polar surface area (TPSA) is 65.4 Å². The van der Waals surface area contributed by atoms with E-state index in [-0.39, 0.29) is 18.0 Å². The fourth-order valence-electron chi connectivity index (χ4n) is 3.73. The van der Waals surface area contributed by atoms with Crippen LogP contribution in [0.3, 0.4) is 0 Å². The first-order chi connectivity index (χ1) is 12.3. The van der Waals surface area contributed by atoms with E-state index in [4.69, 9.17) is 10.00 Å². The van der Waals surface area contributed by atoms with E-state index in [1.54, 1.807) is 0 Å². The molecular weight excluding hydrogens is 314 g/mol. The minimum absolute atomic E-state index is 0.00250. The molecule has 2 heterocycles. The first kappa shape index (κ1) is 17.8. The van der Waals surface area contributed by atoms with Crippen LogP contribution in [0.25, 0.3) is 0 Å². The van der Waals surface area contributed by atoms with Gasteiger partial charge in [-0.25, -0.2) is 4.79 Å². The number of carbonyl (C=O) groups is 1. The number of piperidine rings is 1. The SMILES string of the molecule is N#CC1CCN(C(=O)N[C@H](CC2CCOCC2)c2ccccc2)CC1. The Morgan fingerprint density at radius 1 is 1.20 bits per heavy atom. The highest BCUT2D eigenvalue weighted by Gasteiger charge is 2.26. The van der Waals surface area contributed by atoms with Crippen molar-refractivity contribution in [3.05, 3.63) is 35.9 Å². The van der Waals surface area contributed by atoms with Gasteiger partial charge >= 0.3 is 6.03 Å². The maximum atomic E-state index is 12.7. The van der Waals surface area contributed by atoms with E-state index < -0.39 is 0 Å². The van der Waals surface area contributed by atoms with Gasteiger partial charge in [0, 0.05) is 32.2 Å². The van der Waals surface area contributed by atoms with Gasteiger partial charge in [-0.3, -0.25) is 0 Å². The molecule has 1 aromatic carbocycles. The van der Waals surface area contributed by atoms with Crippen molar-refractivity contribution >= 4 is 6.03 Å². The molecular formula is C20H27N3O2. The zero-order valence-electron chi connectivity index (χ0n) is 14.7. The van der Waals surface area contributed by atoms with Crippen molar-refractivity contribution in [1.82, 2.24) is 10.2 Å². The summed E-state index contributed by atoms with van der Waals surface area (Å²) in [5, 5.41) is 12.3. The Balaban J connectivity index is 1.63. The lowest BCUT2D eigenvalue weighted by Gasteiger charge is -2.33. The maximum absolute atomic E-state index is 12.7. The molecule has 0 unspecified atom stereocenters. The van der Waals surface area contributed by atoms with Crippen LogP contribution in [0, 0.1) is 23.2 Å². The number of nitrogens with zero attached hydrogens (tertiary/aromatic N) is 2. The molecule has 134 valence electrons. The molecule has 0 saturated carbocycles. The van der Waals surface area contributed by atoms with Crippen molar-refractivity contribution in [2.24, 2.45) is 11.8 Å². The summed E-state index contributed by atoms with van der Waals surface area (Å²) < 4.78 is 5.46. The molecule has 0 bridgehead atoms. The van der Waals surface area contributed by atoms with Crippen molar-refractivity contribution in [3.63, 3.8) is 0 Å². The first-order valence-corrected chi connectivity index (χ1v) is 9.34. The minimum Gasteiger partial charge on any atom is -0.381 e. The van der Waals surface area contributed by atoms with Gasteiger partial charge < -0.3 is 15.0 Å². The maximum Gasteiger partial charge on any atom is 0.317 e. The van der Waals surface area contributed by atoms with Crippen molar-refractivity contribution < 1.29 is 9.53 Å². The molecule has 5 heteroatoms. The second-order valence-electron chi connectivity index (χ2n) is 7.09. The number of urea groups is 1. The molecule has 2 amide bonds. The molecule has 2 fully saturated rings. The number of hydrogen-bond acceptors (Lipinski definition) is 3. The molecule has 2 aliphatic heterocycles. The van der Waals surface area contributed by atoms with Crippen LogP contribution in [0.15, 0.2) is 30.3 Å². The standard InChI is InChI=1S/C20H27N3O2/c21-15-17-6-10-23(11-7-17)20(24)22-19(18-4-2-1-3-5-18)14-16-8-12-25-13-9-16/h1-5,16-17,19H,6-14H2,(H,22,24)/t19-/m1/s1. The fraction of sp³-hybridized carbons (Fsp3) is 0.600. The lowest BCUT2D eigenvalue weighted by Crippen LogP contribution is -2.45. The van der Waals surface area contributed by atoms with Gasteiger partial charge in [0.1, 0.15) is 0 Å². The molecule has 25 heavy (non-hydrogen) atoms. The number of amides is 2. The van der Waals surface area contributed by atoms with Gasteiger partial charge in [-0.1, -0.05) is 30.3 Å². The van der Waals surface area contributed by atoms with E-state index in [1.807, 2.05) is 23.1 Å². The molecule has 0 radical (unpaired) electrons. The van der Waals surface area contributed by atoms with Gasteiger partial charge in [-0.2, -0.15) is 5.26 Å². The van der Waals surface area contributed by atoms with E-state index in [0.717, 1.165) is 50.9 Å². The van der Waals surface area contributed by atoms with Gasteiger partial charge in [0.2, 0.25) is 0 Å². The zero-order valence-corrected chi connectivity index (χ0v) is 14.7. The molecule has 0 spiro atoms. The van der Waals surface area contributed by atoms with Crippen LogP contribution in [0.4, 0.5) is 4.79 Å². The summed E-state index contributed by atoms with van der Waals surface area (Å²) in [6.07, 6.45) is 4.63. The largest absolute Gasteiger partial charge is 0.381 e. The summed E-state index contributed by atoms with van der Waals surface area (Å²) >= 11 is 0. The van der Waals surface area contributed by atoms with Crippen LogP contribution in [0.2, 0.25) is 0 Å². The summed E-state index contributed by atoms with van der Waals surface area (Å²) in [4.78, 5) is 14.6. The van der Waals surface area contributed by atoms with Crippen LogP contribution in [-0.4, -0.2) is 37.2 Å². The predicted molar refractivity (Wildman–Crippen MR) is 95.8 cm³/mol. The molecule has 1 atom stereocenters. The van der Waals surface area contributed by atoms with Gasteiger partial charge in [0.05, 0.1) is 12.1 Å². The Bertz CT molecular complexity index is 585. The summed E-state index contributed by atoms with van der Waals surface area (Å²) in [7, 11) is 0. The predicted octanol–water partition coefficient (Wildman–Crippen LogP) is 3.49. The monoisotopic (exact) mass is 341 g/mol. The Labute approximate surface area is 150 Å². The third kappa shape index (κ3) is 4.96. The van der Waals surface area contributed by atoms with Crippen LogP contribution in [-0.2, 0) is 4.74 Å². The summed E-state index contributed by atoms with van der Waals surface area (Å²) in [5.74, 6) is 0.680. The van der Waals surface area contributed by atoms with Crippen molar-refractivity contribution in [1.29, 1.82) is 5.26 Å². The van der Waals surface area contributed by atoms with Crippen LogP contribution in [0.1, 0.15) is 43.7 Å². The molecule has 5 nitrogen and oxygen atoms in total. The number of nitrogens with one attached hydrogen (secondary N) is 1. The fourth-order valence-corrected chi connectivity index (χ4v) is 3.73. The summed E-state index contributed by atoms with van der Waals surface area (Å²) in [6.45, 7) is 2.98. The molecule has 0 aliphatic carbocycles. The lowest BCUT2D eigenvalue weighted by atomic mass is 9.89. The molecule has 3 rings (SSSR count). The van der Waals surface area contributed by atoms with E-state index >= 15 is 0 Å². The number of hydrogen-bond donors (Lipinski definition) is 1. The zero-order chi connectivity index (χ0) is 17.5. The van der Waals surface area contributed by atoms with Crippen molar-refractivity contribution in [3.8, 4) is 6.07 Å². The van der Waals surface area contributed by atoms with Crippen molar-refractivity contribution in [2.75, 3.05) is 26.3 Å². The van der Waals surface area contributed by atoms with Crippen LogP contribution >= 0.6 is 0 Å². The summed E-state index contributed by atoms with van der Waals surface area (Å²) in [6, 6.07) is 12.6. The number of rotatable bonds is 4. The Hall–Kier alpha value is -2.06. The second kappa shape index (κ2) is 8.87. The van der Waals surface area contributed by atoms with E-state index in [1.165, 1.54) is 0 Å². The molecule has 2 saturated heterocycles. The number of carbonyl (C=O) groups excluding carboxylic acids is 1. The summed E-state index contributed by atoms with van der Waals surface area (Å²) in [5.41, 5.74) is 1.16. The molecule has 2 aliphatic rings. The minimum atomic E-state index is -0.00250. The number of ether oxygens (including phenoxy) is 1. The number of likely N-dealkylation sites (tertiary alicyclic amines) is 1. The number of benzene rings is 1. The third-order valence-corrected chi connectivity index (χ3v) is 5.37. The van der Waals surface area contributed by atoms with Gasteiger partial charge in [0.25, 0.3) is 0 Å².